The average Bonchev–Trinajstić information content (AvgIpc) is 2.36. The van der Waals surface area contributed by atoms with E-state index < -0.39 is 5.97 Å². The number of ether oxygens (including phenoxy) is 2. The molecule has 1 atom stereocenters. The largest absolute Gasteiger partial charge is 0.493 e. The molecule has 0 aliphatic carbocycles. The Morgan fingerprint density at radius 3 is 2.59 bits per heavy atom. The highest BCUT2D eigenvalue weighted by atomic mass is 16.5. The molecule has 1 aromatic rings. The number of rotatable bonds is 3. The van der Waals surface area contributed by atoms with Crippen molar-refractivity contribution in [2.75, 3.05) is 26.1 Å². The molecule has 1 aliphatic heterocycles. The molecule has 0 amide bonds. The van der Waals surface area contributed by atoms with Gasteiger partial charge in [-0.25, -0.2) is 0 Å². The molecule has 1 aromatic carbocycles. The van der Waals surface area contributed by atoms with Crippen LogP contribution in [0.25, 0.3) is 0 Å². The number of nitrogens with one attached hydrogen (secondary N) is 1. The molecule has 0 spiro atoms. The highest BCUT2D eigenvalue weighted by molar-refractivity contribution is 5.74. The zero-order valence-corrected chi connectivity index (χ0v) is 9.82. The topological polar surface area (TPSA) is 67.8 Å². The molecular weight excluding hydrogens is 222 g/mol. The minimum absolute atomic E-state index is 0.388. The van der Waals surface area contributed by atoms with Crippen molar-refractivity contribution in [1.29, 1.82) is 0 Å². The zero-order chi connectivity index (χ0) is 12.4. The summed E-state index contributed by atoms with van der Waals surface area (Å²) in [5.74, 6) is 0.102. The fraction of sp³-hybridized carbons (Fsp3) is 0.417. The lowest BCUT2D eigenvalue weighted by atomic mass is 9.94. The minimum Gasteiger partial charge on any atom is -0.493 e. The maximum Gasteiger partial charge on any atom is 0.308 e. The number of anilines is 1. The van der Waals surface area contributed by atoms with E-state index in [1.54, 1.807) is 14.2 Å². The molecule has 0 saturated heterocycles. The number of fused-ring (bicyclic) bond motifs is 1. The van der Waals surface area contributed by atoms with E-state index >= 15 is 0 Å². The van der Waals surface area contributed by atoms with Gasteiger partial charge in [0.25, 0.3) is 0 Å². The van der Waals surface area contributed by atoms with Crippen LogP contribution in [0.3, 0.4) is 0 Å². The number of aliphatic carboxylic acids is 1. The molecule has 2 rings (SSSR count). The summed E-state index contributed by atoms with van der Waals surface area (Å²) in [5.41, 5.74) is 1.86. The number of methoxy groups -OCH3 is 2. The summed E-state index contributed by atoms with van der Waals surface area (Å²) in [5, 5.41) is 12.1. The Balaban J connectivity index is 2.35. The quantitative estimate of drug-likeness (QED) is 0.831. The van der Waals surface area contributed by atoms with E-state index in [9.17, 15) is 4.79 Å². The molecule has 1 aliphatic rings. The van der Waals surface area contributed by atoms with Crippen LogP contribution >= 0.6 is 0 Å². The molecule has 0 unspecified atom stereocenters. The highest BCUT2D eigenvalue weighted by Gasteiger charge is 2.25. The third-order valence-electron chi connectivity index (χ3n) is 2.96. The van der Waals surface area contributed by atoms with Gasteiger partial charge >= 0.3 is 5.97 Å². The van der Waals surface area contributed by atoms with Crippen molar-refractivity contribution in [3.63, 3.8) is 0 Å². The maximum absolute atomic E-state index is 10.9. The van der Waals surface area contributed by atoms with Gasteiger partial charge < -0.3 is 19.9 Å². The lowest BCUT2D eigenvalue weighted by Gasteiger charge is -2.24. The van der Waals surface area contributed by atoms with E-state index in [1.165, 1.54) is 0 Å². The third kappa shape index (κ3) is 2.13. The summed E-state index contributed by atoms with van der Waals surface area (Å²) in [6, 6.07) is 3.67. The SMILES string of the molecule is COc1cc2c(cc1OC)NC[C@@H](C(=O)O)C2. The fourth-order valence-electron chi connectivity index (χ4n) is 2.00. The summed E-state index contributed by atoms with van der Waals surface area (Å²) in [6.07, 6.45) is 0.512. The summed E-state index contributed by atoms with van der Waals surface area (Å²) in [6.45, 7) is 0.442. The summed E-state index contributed by atoms with van der Waals surface area (Å²) >= 11 is 0. The Kier molecular flexibility index (Phi) is 3.08. The van der Waals surface area contributed by atoms with Crippen molar-refractivity contribution in [3.8, 4) is 11.5 Å². The van der Waals surface area contributed by atoms with Crippen molar-refractivity contribution in [3.05, 3.63) is 17.7 Å². The van der Waals surface area contributed by atoms with Crippen LogP contribution in [-0.2, 0) is 11.2 Å². The maximum atomic E-state index is 10.9. The van der Waals surface area contributed by atoms with Crippen molar-refractivity contribution >= 4 is 11.7 Å². The number of carbonyl (C=O) groups is 1. The second kappa shape index (κ2) is 4.53. The molecule has 1 heterocycles. The molecule has 0 saturated carbocycles. The summed E-state index contributed by atoms with van der Waals surface area (Å²) in [7, 11) is 3.14. The molecule has 0 aromatic heterocycles. The normalized spacial score (nSPS) is 17.9. The Labute approximate surface area is 99.3 Å². The van der Waals surface area contributed by atoms with E-state index in [1.807, 2.05) is 12.1 Å². The van der Waals surface area contributed by atoms with Crippen LogP contribution in [-0.4, -0.2) is 31.8 Å². The third-order valence-corrected chi connectivity index (χ3v) is 2.96. The van der Waals surface area contributed by atoms with Crippen LogP contribution in [0.5, 0.6) is 11.5 Å². The second-order valence-electron chi connectivity index (χ2n) is 3.98. The first-order valence-corrected chi connectivity index (χ1v) is 5.37. The van der Waals surface area contributed by atoms with Gasteiger partial charge in [-0.15, -0.1) is 0 Å². The first kappa shape index (κ1) is 11.6. The smallest absolute Gasteiger partial charge is 0.308 e. The molecule has 0 fully saturated rings. The molecular formula is C12H15NO4. The average molecular weight is 237 g/mol. The van der Waals surface area contributed by atoms with Crippen LogP contribution in [0, 0.1) is 5.92 Å². The number of carboxylic acids is 1. The lowest BCUT2D eigenvalue weighted by Crippen LogP contribution is -2.29. The van der Waals surface area contributed by atoms with Crippen LogP contribution in [0.1, 0.15) is 5.56 Å². The monoisotopic (exact) mass is 237 g/mol. The van der Waals surface area contributed by atoms with Gasteiger partial charge in [-0.1, -0.05) is 0 Å². The van der Waals surface area contributed by atoms with Gasteiger partial charge in [0.05, 0.1) is 20.1 Å². The standard InChI is InChI=1S/C12H15NO4/c1-16-10-4-7-3-8(12(14)15)6-13-9(7)5-11(10)17-2/h4-5,8,13H,3,6H2,1-2H3,(H,14,15)/t8-/m0/s1. The fourth-order valence-corrected chi connectivity index (χ4v) is 2.00. The van der Waals surface area contributed by atoms with E-state index in [0.717, 1.165) is 11.3 Å². The first-order chi connectivity index (χ1) is 8.15. The number of carboxylic acid groups (broad SMARTS) is 1. The van der Waals surface area contributed by atoms with E-state index in [0.29, 0.717) is 24.5 Å². The van der Waals surface area contributed by atoms with Crippen molar-refractivity contribution in [2.24, 2.45) is 5.92 Å². The van der Waals surface area contributed by atoms with Crippen LogP contribution in [0.2, 0.25) is 0 Å². The van der Waals surface area contributed by atoms with Gasteiger partial charge in [-0.3, -0.25) is 4.79 Å². The summed E-state index contributed by atoms with van der Waals surface area (Å²) in [4.78, 5) is 10.9. The van der Waals surface area contributed by atoms with Gasteiger partial charge in [0.2, 0.25) is 0 Å². The van der Waals surface area contributed by atoms with E-state index in [4.69, 9.17) is 14.6 Å². The van der Waals surface area contributed by atoms with E-state index in [-0.39, 0.29) is 5.92 Å². The molecule has 5 heteroatoms. The molecule has 0 radical (unpaired) electrons. The molecule has 92 valence electrons. The van der Waals surface area contributed by atoms with Crippen molar-refractivity contribution in [2.45, 2.75) is 6.42 Å². The Hall–Kier alpha value is -1.91. The number of hydrogen-bond donors (Lipinski definition) is 2. The first-order valence-electron chi connectivity index (χ1n) is 5.37. The van der Waals surface area contributed by atoms with Crippen molar-refractivity contribution < 1.29 is 19.4 Å². The number of benzene rings is 1. The Morgan fingerprint density at radius 1 is 1.35 bits per heavy atom. The minimum atomic E-state index is -0.780. The molecule has 5 nitrogen and oxygen atoms in total. The van der Waals surface area contributed by atoms with Gasteiger partial charge in [0.1, 0.15) is 0 Å². The van der Waals surface area contributed by atoms with Crippen molar-refractivity contribution in [1.82, 2.24) is 0 Å². The molecule has 0 bridgehead atoms. The molecule has 2 N–H and O–H groups in total. The Morgan fingerprint density at radius 2 is 2.00 bits per heavy atom. The van der Waals surface area contributed by atoms with Crippen LogP contribution in [0.15, 0.2) is 12.1 Å². The predicted molar refractivity (Wildman–Crippen MR) is 62.9 cm³/mol. The van der Waals surface area contributed by atoms with Gasteiger partial charge in [0.15, 0.2) is 11.5 Å². The van der Waals surface area contributed by atoms with Crippen LogP contribution < -0.4 is 14.8 Å². The predicted octanol–water partition coefficient (Wildman–Crippen LogP) is 1.37. The second-order valence-corrected chi connectivity index (χ2v) is 3.98. The number of hydrogen-bond acceptors (Lipinski definition) is 4. The zero-order valence-electron chi connectivity index (χ0n) is 9.82. The van der Waals surface area contributed by atoms with Gasteiger partial charge in [-0.2, -0.15) is 0 Å². The van der Waals surface area contributed by atoms with E-state index in [2.05, 4.69) is 5.32 Å². The van der Waals surface area contributed by atoms with Crippen LogP contribution in [0.4, 0.5) is 5.69 Å². The van der Waals surface area contributed by atoms with Gasteiger partial charge in [-0.05, 0) is 18.1 Å². The summed E-state index contributed by atoms with van der Waals surface area (Å²) < 4.78 is 10.4. The lowest BCUT2D eigenvalue weighted by molar-refractivity contribution is -0.141. The highest BCUT2D eigenvalue weighted by Crippen LogP contribution is 2.36. The Bertz CT molecular complexity index is 444. The van der Waals surface area contributed by atoms with Gasteiger partial charge in [0, 0.05) is 18.3 Å². The molecule has 17 heavy (non-hydrogen) atoms.